The number of para-hydroxylation sites is 1. The van der Waals surface area contributed by atoms with E-state index in [-0.39, 0.29) is 11.8 Å². The molecule has 0 bridgehead atoms. The van der Waals surface area contributed by atoms with Gasteiger partial charge in [-0.3, -0.25) is 9.59 Å². The van der Waals surface area contributed by atoms with E-state index in [4.69, 9.17) is 5.73 Å². The average molecular weight is 464 g/mol. The molecule has 0 unspecified atom stereocenters. The Balaban J connectivity index is 1.36. The van der Waals surface area contributed by atoms with E-state index in [0.29, 0.717) is 30.8 Å². The number of nitrogens with zero attached hydrogens (tertiary/aromatic N) is 3. The van der Waals surface area contributed by atoms with Crippen molar-refractivity contribution in [2.24, 2.45) is 0 Å². The Morgan fingerprint density at radius 1 is 1.03 bits per heavy atom. The maximum Gasteiger partial charge on any atom is 0.251 e. The molecule has 2 aliphatic rings. The summed E-state index contributed by atoms with van der Waals surface area (Å²) in [7, 11) is 0. The zero-order valence-corrected chi connectivity index (χ0v) is 20.5. The first-order chi connectivity index (χ1) is 16.5. The second-order valence-corrected chi connectivity index (χ2v) is 9.28. The van der Waals surface area contributed by atoms with Crippen molar-refractivity contribution in [2.75, 3.05) is 61.3 Å². The molecule has 2 aromatic rings. The van der Waals surface area contributed by atoms with E-state index in [9.17, 15) is 9.59 Å². The van der Waals surface area contributed by atoms with Crippen LogP contribution in [0.25, 0.3) is 0 Å². The lowest BCUT2D eigenvalue weighted by Crippen LogP contribution is -2.47. The lowest BCUT2D eigenvalue weighted by atomic mass is 10.0. The summed E-state index contributed by atoms with van der Waals surface area (Å²) in [6, 6.07) is 12.4. The van der Waals surface area contributed by atoms with Gasteiger partial charge < -0.3 is 25.8 Å². The van der Waals surface area contributed by atoms with Gasteiger partial charge in [-0.15, -0.1) is 0 Å². The number of anilines is 3. The third-order valence-electron chi connectivity index (χ3n) is 7.02. The summed E-state index contributed by atoms with van der Waals surface area (Å²) < 4.78 is 0. The van der Waals surface area contributed by atoms with Gasteiger partial charge in [0.2, 0.25) is 5.91 Å². The van der Waals surface area contributed by atoms with Crippen molar-refractivity contribution in [1.82, 2.24) is 10.2 Å². The highest BCUT2D eigenvalue weighted by molar-refractivity contribution is 5.98. The molecular weight excluding hydrogens is 426 g/mol. The quantitative estimate of drug-likeness (QED) is 0.464. The Labute approximate surface area is 202 Å². The molecule has 0 radical (unpaired) electrons. The number of benzene rings is 2. The van der Waals surface area contributed by atoms with Gasteiger partial charge in [-0.05, 0) is 55.5 Å². The summed E-state index contributed by atoms with van der Waals surface area (Å²) >= 11 is 0. The fourth-order valence-corrected chi connectivity index (χ4v) is 5.04. The predicted molar refractivity (Wildman–Crippen MR) is 139 cm³/mol. The van der Waals surface area contributed by atoms with Crippen LogP contribution >= 0.6 is 0 Å². The van der Waals surface area contributed by atoms with Crippen LogP contribution in [-0.4, -0.2) is 62.5 Å². The zero-order chi connectivity index (χ0) is 24.1. The van der Waals surface area contributed by atoms with Crippen molar-refractivity contribution in [3.8, 4) is 0 Å². The van der Waals surface area contributed by atoms with E-state index in [1.807, 2.05) is 11.0 Å². The number of carbonyl (C=O) groups excluding carboxylic acids is 2. The number of nitrogens with two attached hydrogens (primary N) is 1. The van der Waals surface area contributed by atoms with Crippen LogP contribution in [0.15, 0.2) is 36.4 Å². The van der Waals surface area contributed by atoms with Crippen LogP contribution in [-0.2, 0) is 11.2 Å². The van der Waals surface area contributed by atoms with Gasteiger partial charge in [0.15, 0.2) is 0 Å². The van der Waals surface area contributed by atoms with Crippen LogP contribution < -0.4 is 20.9 Å². The van der Waals surface area contributed by atoms with Crippen LogP contribution in [0.2, 0.25) is 0 Å². The van der Waals surface area contributed by atoms with Crippen LogP contribution in [0.3, 0.4) is 0 Å². The first kappa shape index (κ1) is 23.9. The van der Waals surface area contributed by atoms with Gasteiger partial charge in [-0.2, -0.15) is 0 Å². The highest BCUT2D eigenvalue weighted by atomic mass is 16.2. The Morgan fingerprint density at radius 2 is 1.74 bits per heavy atom. The minimum atomic E-state index is -0.0905. The molecule has 2 amide bonds. The minimum absolute atomic E-state index is 0.0905. The number of likely N-dealkylation sites (tertiary alicyclic amines) is 1. The molecule has 2 fully saturated rings. The highest BCUT2D eigenvalue weighted by Gasteiger charge is 2.23. The molecule has 34 heavy (non-hydrogen) atoms. The van der Waals surface area contributed by atoms with Crippen LogP contribution in [0.4, 0.5) is 17.1 Å². The molecule has 182 valence electrons. The molecule has 7 heteroatoms. The number of nitrogens with one attached hydrogen (secondary N) is 1. The van der Waals surface area contributed by atoms with Gasteiger partial charge in [-0.1, -0.05) is 25.1 Å². The minimum Gasteiger partial charge on any atom is -0.397 e. The van der Waals surface area contributed by atoms with Gasteiger partial charge in [0.25, 0.3) is 5.91 Å². The summed E-state index contributed by atoms with van der Waals surface area (Å²) in [5, 5.41) is 3.02. The van der Waals surface area contributed by atoms with E-state index in [2.05, 4.69) is 59.3 Å². The van der Waals surface area contributed by atoms with Gasteiger partial charge >= 0.3 is 0 Å². The molecule has 2 saturated heterocycles. The highest BCUT2D eigenvalue weighted by Crippen LogP contribution is 2.30. The van der Waals surface area contributed by atoms with Crippen LogP contribution in [0, 0.1) is 6.92 Å². The molecular formula is C27H37N5O2. The lowest BCUT2D eigenvalue weighted by molar-refractivity contribution is -0.127. The Kier molecular flexibility index (Phi) is 7.60. The van der Waals surface area contributed by atoms with Crippen molar-refractivity contribution in [1.29, 1.82) is 0 Å². The first-order valence-corrected chi connectivity index (χ1v) is 12.5. The predicted octanol–water partition coefficient (Wildman–Crippen LogP) is 3.21. The zero-order valence-electron chi connectivity index (χ0n) is 20.5. The number of piperazine rings is 1. The van der Waals surface area contributed by atoms with Gasteiger partial charge in [-0.25, -0.2) is 0 Å². The SMILES string of the molecule is CCc1cc(N2CCN(c3ccccc3C)CC2)c(N)cc1C(=O)NCCCN1CCCC1=O. The molecule has 2 aromatic carbocycles. The van der Waals surface area contributed by atoms with E-state index >= 15 is 0 Å². The largest absolute Gasteiger partial charge is 0.397 e. The van der Waals surface area contributed by atoms with Crippen LogP contribution in [0.1, 0.15) is 47.7 Å². The van der Waals surface area contributed by atoms with Crippen molar-refractivity contribution >= 4 is 28.9 Å². The van der Waals surface area contributed by atoms with Gasteiger partial charge in [0.05, 0.1) is 11.4 Å². The first-order valence-electron chi connectivity index (χ1n) is 12.5. The van der Waals surface area contributed by atoms with E-state index in [1.54, 1.807) is 0 Å². The summed E-state index contributed by atoms with van der Waals surface area (Å²) in [4.78, 5) is 31.3. The fourth-order valence-electron chi connectivity index (χ4n) is 5.04. The smallest absolute Gasteiger partial charge is 0.251 e. The van der Waals surface area contributed by atoms with Crippen molar-refractivity contribution in [2.45, 2.75) is 39.5 Å². The maximum absolute atomic E-state index is 12.9. The Morgan fingerprint density at radius 3 is 2.38 bits per heavy atom. The second kappa shape index (κ2) is 10.8. The number of hydrogen-bond acceptors (Lipinski definition) is 5. The van der Waals surface area contributed by atoms with Crippen molar-refractivity contribution in [3.05, 3.63) is 53.1 Å². The molecule has 2 heterocycles. The van der Waals surface area contributed by atoms with Gasteiger partial charge in [0.1, 0.15) is 0 Å². The lowest BCUT2D eigenvalue weighted by Gasteiger charge is -2.38. The van der Waals surface area contributed by atoms with E-state index in [1.165, 1.54) is 11.3 Å². The molecule has 3 N–H and O–H groups in total. The summed E-state index contributed by atoms with van der Waals surface area (Å²) in [6.45, 7) is 9.98. The average Bonchev–Trinajstić information content (AvgIpc) is 3.26. The van der Waals surface area contributed by atoms with Crippen molar-refractivity contribution < 1.29 is 9.59 Å². The third kappa shape index (κ3) is 5.29. The molecule has 0 saturated carbocycles. The molecule has 0 aromatic heterocycles. The topological polar surface area (TPSA) is 81.9 Å². The number of nitrogen functional groups attached to an aromatic ring is 1. The van der Waals surface area contributed by atoms with E-state index in [0.717, 1.165) is 63.2 Å². The summed E-state index contributed by atoms with van der Waals surface area (Å²) in [6.07, 6.45) is 3.12. The number of hydrogen-bond donors (Lipinski definition) is 2. The number of amides is 2. The number of rotatable bonds is 8. The monoisotopic (exact) mass is 463 g/mol. The molecule has 0 aliphatic carbocycles. The number of aryl methyl sites for hydroxylation is 2. The summed E-state index contributed by atoms with van der Waals surface area (Å²) in [5.41, 5.74) is 12.4. The van der Waals surface area contributed by atoms with Crippen LogP contribution in [0.5, 0.6) is 0 Å². The Hall–Kier alpha value is -3.22. The normalized spacial score (nSPS) is 16.3. The van der Waals surface area contributed by atoms with Crippen molar-refractivity contribution in [3.63, 3.8) is 0 Å². The maximum atomic E-state index is 12.9. The summed E-state index contributed by atoms with van der Waals surface area (Å²) in [5.74, 6) is 0.134. The molecule has 7 nitrogen and oxygen atoms in total. The molecule has 0 atom stereocenters. The fraction of sp³-hybridized carbons (Fsp3) is 0.481. The van der Waals surface area contributed by atoms with E-state index < -0.39 is 0 Å². The molecule has 2 aliphatic heterocycles. The Bertz CT molecular complexity index is 1030. The second-order valence-electron chi connectivity index (χ2n) is 9.28. The standard InChI is InChI=1S/C27H37N5O2/c1-3-21-18-25(31-16-14-30(15-17-31)24-9-5-4-8-20(24)2)23(28)19-22(21)27(34)29-11-7-13-32-12-6-10-26(32)33/h4-5,8-9,18-19H,3,6-7,10-17,28H2,1-2H3,(H,29,34). The van der Waals surface area contributed by atoms with Gasteiger partial charge in [0, 0.05) is 63.5 Å². The third-order valence-corrected chi connectivity index (χ3v) is 7.02. The molecule has 0 spiro atoms. The molecule has 4 rings (SSSR count). The number of carbonyl (C=O) groups is 2.